The summed E-state index contributed by atoms with van der Waals surface area (Å²) in [7, 11) is 4.76. The number of nitrogens with zero attached hydrogens (tertiary/aromatic N) is 3. The number of amides is 1. The van der Waals surface area contributed by atoms with Crippen molar-refractivity contribution in [3.05, 3.63) is 40.5 Å². The maximum atomic E-state index is 12.7. The first-order valence-corrected chi connectivity index (χ1v) is 10.3. The molecule has 1 aromatic carbocycles. The summed E-state index contributed by atoms with van der Waals surface area (Å²) >= 11 is 3.40. The van der Waals surface area contributed by atoms with Crippen molar-refractivity contribution >= 4 is 27.7 Å². The minimum absolute atomic E-state index is 0.144. The van der Waals surface area contributed by atoms with Gasteiger partial charge in [0.05, 0.1) is 21.3 Å². The minimum atomic E-state index is 0.144. The van der Waals surface area contributed by atoms with Crippen LogP contribution in [0.2, 0.25) is 0 Å². The minimum Gasteiger partial charge on any atom is -0.493 e. The highest BCUT2D eigenvalue weighted by Gasteiger charge is 2.23. The van der Waals surface area contributed by atoms with Gasteiger partial charge in [0.15, 0.2) is 11.5 Å². The summed E-state index contributed by atoms with van der Waals surface area (Å²) in [5, 5.41) is 0. The maximum Gasteiger partial charge on any atom is 0.223 e. The molecule has 1 fully saturated rings. The van der Waals surface area contributed by atoms with Gasteiger partial charge in [-0.1, -0.05) is 6.07 Å². The molecular weight excluding hydrogens is 438 g/mol. The molecule has 3 rings (SSSR count). The van der Waals surface area contributed by atoms with E-state index in [2.05, 4.69) is 25.8 Å². The van der Waals surface area contributed by atoms with Crippen LogP contribution in [0.3, 0.4) is 0 Å². The molecule has 2 aromatic rings. The number of methoxy groups -OCH3 is 3. The Morgan fingerprint density at radius 1 is 1.00 bits per heavy atom. The van der Waals surface area contributed by atoms with Crippen LogP contribution in [0.25, 0.3) is 0 Å². The summed E-state index contributed by atoms with van der Waals surface area (Å²) in [5.41, 5.74) is 0.927. The number of anilines is 1. The largest absolute Gasteiger partial charge is 0.493 e. The molecule has 0 radical (unpaired) electrons. The van der Waals surface area contributed by atoms with E-state index in [1.165, 1.54) is 0 Å². The first kappa shape index (κ1) is 21.2. The lowest BCUT2D eigenvalue weighted by molar-refractivity contribution is -0.131. The molecule has 1 aromatic heterocycles. The van der Waals surface area contributed by atoms with Crippen LogP contribution in [0, 0.1) is 0 Å². The van der Waals surface area contributed by atoms with Gasteiger partial charge in [-0.2, -0.15) is 0 Å². The van der Waals surface area contributed by atoms with Crippen LogP contribution >= 0.6 is 15.9 Å². The van der Waals surface area contributed by atoms with Gasteiger partial charge in [-0.05, 0) is 46.1 Å². The molecule has 0 aliphatic carbocycles. The second kappa shape index (κ2) is 9.82. The summed E-state index contributed by atoms with van der Waals surface area (Å²) < 4.78 is 17.2. The zero-order chi connectivity index (χ0) is 20.8. The Balaban J connectivity index is 1.57. The lowest BCUT2D eigenvalue weighted by Crippen LogP contribution is -2.49. The van der Waals surface area contributed by atoms with Crippen LogP contribution in [-0.4, -0.2) is 63.3 Å². The zero-order valence-electron chi connectivity index (χ0n) is 17.0. The van der Waals surface area contributed by atoms with Crippen molar-refractivity contribution in [3.63, 3.8) is 0 Å². The Hall–Kier alpha value is -2.48. The van der Waals surface area contributed by atoms with Gasteiger partial charge in [0.1, 0.15) is 5.82 Å². The summed E-state index contributed by atoms with van der Waals surface area (Å²) in [5.74, 6) is 2.86. The molecule has 1 aliphatic rings. The normalized spacial score (nSPS) is 13.9. The lowest BCUT2D eigenvalue weighted by Gasteiger charge is -2.35. The van der Waals surface area contributed by atoms with Crippen molar-refractivity contribution < 1.29 is 19.0 Å². The Morgan fingerprint density at radius 3 is 2.31 bits per heavy atom. The number of benzene rings is 1. The third kappa shape index (κ3) is 4.93. The van der Waals surface area contributed by atoms with Gasteiger partial charge in [-0.3, -0.25) is 4.79 Å². The van der Waals surface area contributed by atoms with Gasteiger partial charge < -0.3 is 24.0 Å². The molecule has 156 valence electrons. The Morgan fingerprint density at radius 2 is 1.72 bits per heavy atom. The maximum absolute atomic E-state index is 12.7. The second-order valence-electron chi connectivity index (χ2n) is 6.70. The molecule has 8 heteroatoms. The van der Waals surface area contributed by atoms with Crippen molar-refractivity contribution in [1.82, 2.24) is 9.88 Å². The quantitative estimate of drug-likeness (QED) is 0.628. The van der Waals surface area contributed by atoms with E-state index in [9.17, 15) is 4.79 Å². The monoisotopic (exact) mass is 463 g/mol. The fraction of sp³-hybridized carbons (Fsp3) is 0.429. The van der Waals surface area contributed by atoms with E-state index in [0.717, 1.165) is 28.9 Å². The van der Waals surface area contributed by atoms with E-state index in [1.807, 2.05) is 29.2 Å². The van der Waals surface area contributed by atoms with E-state index < -0.39 is 0 Å². The Kier molecular flexibility index (Phi) is 7.19. The second-order valence-corrected chi connectivity index (χ2v) is 7.61. The molecule has 0 unspecified atom stereocenters. The number of rotatable bonds is 7. The standard InChI is InChI=1S/C21H26BrN3O4/c1-27-17-7-4-15(20(28-2)21(17)29-3)5-9-19(26)25-12-10-24(11-13-25)18-8-6-16(22)14-23-18/h4,6-8,14H,5,9-13H2,1-3H3. The molecule has 0 spiro atoms. The van der Waals surface area contributed by atoms with Crippen LogP contribution < -0.4 is 19.1 Å². The number of aryl methyl sites for hydroxylation is 1. The molecule has 7 nitrogen and oxygen atoms in total. The van der Waals surface area contributed by atoms with E-state index >= 15 is 0 Å². The van der Waals surface area contributed by atoms with Crippen LogP contribution in [-0.2, 0) is 11.2 Å². The molecule has 0 bridgehead atoms. The zero-order valence-corrected chi connectivity index (χ0v) is 18.6. The summed E-state index contributed by atoms with van der Waals surface area (Å²) in [4.78, 5) is 21.3. The van der Waals surface area contributed by atoms with Crippen molar-refractivity contribution in [3.8, 4) is 17.2 Å². The van der Waals surface area contributed by atoms with Gasteiger partial charge in [-0.15, -0.1) is 0 Å². The number of hydrogen-bond acceptors (Lipinski definition) is 6. The SMILES string of the molecule is COc1ccc(CCC(=O)N2CCN(c3ccc(Br)cn3)CC2)c(OC)c1OC. The fourth-order valence-corrected chi connectivity index (χ4v) is 3.73. The Labute approximate surface area is 179 Å². The summed E-state index contributed by atoms with van der Waals surface area (Å²) in [6.07, 6.45) is 2.79. The predicted molar refractivity (Wildman–Crippen MR) is 115 cm³/mol. The Bertz CT molecular complexity index is 837. The van der Waals surface area contributed by atoms with E-state index in [1.54, 1.807) is 27.5 Å². The topological polar surface area (TPSA) is 64.1 Å². The van der Waals surface area contributed by atoms with Crippen LogP contribution in [0.15, 0.2) is 34.9 Å². The summed E-state index contributed by atoms with van der Waals surface area (Å²) in [6, 6.07) is 7.73. The number of carbonyl (C=O) groups excluding carboxylic acids is 1. The van der Waals surface area contributed by atoms with E-state index in [0.29, 0.717) is 43.2 Å². The number of carbonyl (C=O) groups is 1. The lowest BCUT2D eigenvalue weighted by atomic mass is 10.1. The molecule has 29 heavy (non-hydrogen) atoms. The molecule has 0 N–H and O–H groups in total. The highest BCUT2D eigenvalue weighted by molar-refractivity contribution is 9.10. The van der Waals surface area contributed by atoms with Gasteiger partial charge in [0, 0.05) is 43.3 Å². The number of ether oxygens (including phenoxy) is 3. The third-order valence-electron chi connectivity index (χ3n) is 5.06. The first-order chi connectivity index (χ1) is 14.1. The highest BCUT2D eigenvalue weighted by atomic mass is 79.9. The number of pyridine rings is 1. The van der Waals surface area contributed by atoms with E-state index in [4.69, 9.17) is 14.2 Å². The van der Waals surface area contributed by atoms with Crippen molar-refractivity contribution in [1.29, 1.82) is 0 Å². The van der Waals surface area contributed by atoms with Crippen molar-refractivity contribution in [2.75, 3.05) is 52.4 Å². The van der Waals surface area contributed by atoms with Crippen LogP contribution in [0.5, 0.6) is 17.2 Å². The number of aromatic nitrogens is 1. The predicted octanol–water partition coefficient (Wildman–Crippen LogP) is 3.15. The molecule has 1 amide bonds. The number of hydrogen-bond donors (Lipinski definition) is 0. The number of halogens is 1. The average molecular weight is 464 g/mol. The van der Waals surface area contributed by atoms with Gasteiger partial charge >= 0.3 is 0 Å². The molecular formula is C21H26BrN3O4. The van der Waals surface area contributed by atoms with Gasteiger partial charge in [0.25, 0.3) is 0 Å². The van der Waals surface area contributed by atoms with Crippen molar-refractivity contribution in [2.45, 2.75) is 12.8 Å². The van der Waals surface area contributed by atoms with Gasteiger partial charge in [-0.25, -0.2) is 4.98 Å². The van der Waals surface area contributed by atoms with E-state index in [-0.39, 0.29) is 5.91 Å². The van der Waals surface area contributed by atoms with Crippen LogP contribution in [0.1, 0.15) is 12.0 Å². The number of piperazine rings is 1. The van der Waals surface area contributed by atoms with Crippen LogP contribution in [0.4, 0.5) is 5.82 Å². The van der Waals surface area contributed by atoms with Crippen molar-refractivity contribution in [2.24, 2.45) is 0 Å². The average Bonchev–Trinajstić information content (AvgIpc) is 2.77. The molecule has 1 saturated heterocycles. The molecule has 1 aliphatic heterocycles. The molecule has 0 saturated carbocycles. The fourth-order valence-electron chi connectivity index (χ4n) is 3.50. The summed E-state index contributed by atoms with van der Waals surface area (Å²) in [6.45, 7) is 2.94. The highest BCUT2D eigenvalue weighted by Crippen LogP contribution is 2.40. The van der Waals surface area contributed by atoms with Gasteiger partial charge in [0.2, 0.25) is 11.7 Å². The smallest absolute Gasteiger partial charge is 0.223 e. The first-order valence-electron chi connectivity index (χ1n) is 9.49. The third-order valence-corrected chi connectivity index (χ3v) is 5.53. The molecule has 2 heterocycles. The molecule has 0 atom stereocenters.